The summed E-state index contributed by atoms with van der Waals surface area (Å²) in [6.45, 7) is -3.13. The highest BCUT2D eigenvalue weighted by atomic mass is 19.3. The number of ether oxygens (including phenoxy) is 3. The van der Waals surface area contributed by atoms with Crippen molar-refractivity contribution < 1.29 is 36.6 Å². The van der Waals surface area contributed by atoms with Crippen LogP contribution in [0.1, 0.15) is 5.56 Å². The molecule has 0 saturated heterocycles. The smallest absolute Gasteiger partial charge is 0.387 e. The van der Waals surface area contributed by atoms with Gasteiger partial charge in [0, 0.05) is 6.07 Å². The van der Waals surface area contributed by atoms with Gasteiger partial charge in [0.1, 0.15) is 23.3 Å². The summed E-state index contributed by atoms with van der Waals surface area (Å²) in [7, 11) is 2.41. The highest BCUT2D eigenvalue weighted by Gasteiger charge is 2.19. The van der Waals surface area contributed by atoms with Crippen molar-refractivity contribution in [1.82, 2.24) is 0 Å². The second-order valence-electron chi connectivity index (χ2n) is 5.38. The molecule has 0 aliphatic rings. The van der Waals surface area contributed by atoms with Gasteiger partial charge in [-0.25, -0.2) is 8.78 Å². The third-order valence-electron chi connectivity index (χ3n) is 3.55. The highest BCUT2D eigenvalue weighted by Crippen LogP contribution is 2.40. The van der Waals surface area contributed by atoms with Crippen LogP contribution in [0.15, 0.2) is 35.9 Å². The van der Waals surface area contributed by atoms with Gasteiger partial charge in [0.15, 0.2) is 11.5 Å². The average molecular weight is 410 g/mol. The second kappa shape index (κ2) is 9.45. The summed E-state index contributed by atoms with van der Waals surface area (Å²) in [5, 5.41) is 11.4. The van der Waals surface area contributed by atoms with Crippen molar-refractivity contribution in [2.75, 3.05) is 19.5 Å². The molecule has 2 aromatic rings. The summed E-state index contributed by atoms with van der Waals surface area (Å²) >= 11 is 0. The van der Waals surface area contributed by atoms with Crippen LogP contribution in [0.2, 0.25) is 0 Å². The van der Waals surface area contributed by atoms with E-state index >= 15 is 0 Å². The average Bonchev–Trinajstić information content (AvgIpc) is 2.68. The van der Waals surface area contributed by atoms with Crippen molar-refractivity contribution in [2.45, 2.75) is 6.61 Å². The molecule has 6 nitrogen and oxygen atoms in total. The molecular weight excluding hydrogens is 396 g/mol. The number of halogens is 4. The number of hydrogen-bond acceptors (Lipinski definition) is 5. The van der Waals surface area contributed by atoms with Crippen molar-refractivity contribution in [3.8, 4) is 23.3 Å². The Morgan fingerprint density at radius 3 is 2.24 bits per heavy atom. The molecule has 1 N–H and O–H groups in total. The Hall–Kier alpha value is -3.74. The van der Waals surface area contributed by atoms with Crippen molar-refractivity contribution in [3.63, 3.8) is 0 Å². The van der Waals surface area contributed by atoms with Gasteiger partial charge in [-0.2, -0.15) is 14.0 Å². The van der Waals surface area contributed by atoms with Crippen molar-refractivity contribution in [3.05, 3.63) is 53.1 Å². The topological polar surface area (TPSA) is 80.6 Å². The monoisotopic (exact) mass is 410 g/mol. The van der Waals surface area contributed by atoms with Gasteiger partial charge in [-0.15, -0.1) is 0 Å². The molecule has 10 heteroatoms. The Balaban J connectivity index is 2.39. The number of hydrogen-bond donors (Lipinski definition) is 1. The number of anilines is 1. The largest absolute Gasteiger partial charge is 0.493 e. The van der Waals surface area contributed by atoms with Gasteiger partial charge in [0.25, 0.3) is 5.91 Å². The summed E-state index contributed by atoms with van der Waals surface area (Å²) < 4.78 is 66.2. The standard InChI is InChI=1S/C19H14F4N2O4/c1-27-15-6-10(7-16(28-2)17(15)29-19(22)23)5-11(9-24)18(26)25-14-4-3-12(20)8-13(14)21/h3-8,19H,1-2H3,(H,25,26)/b11-5+. The fourth-order valence-corrected chi connectivity index (χ4v) is 2.28. The number of methoxy groups -OCH3 is 2. The first kappa shape index (κ1) is 21.6. The van der Waals surface area contributed by atoms with E-state index < -0.39 is 29.7 Å². The lowest BCUT2D eigenvalue weighted by molar-refractivity contribution is -0.112. The molecule has 2 aromatic carbocycles. The summed E-state index contributed by atoms with van der Waals surface area (Å²) in [6, 6.07) is 6.63. The normalized spacial score (nSPS) is 11.0. The quantitative estimate of drug-likeness (QED) is 0.422. The van der Waals surface area contributed by atoms with Gasteiger partial charge < -0.3 is 19.5 Å². The Morgan fingerprint density at radius 1 is 1.14 bits per heavy atom. The van der Waals surface area contributed by atoms with E-state index in [9.17, 15) is 27.6 Å². The lowest BCUT2D eigenvalue weighted by Gasteiger charge is -2.14. The Bertz CT molecular complexity index is 962. The van der Waals surface area contributed by atoms with E-state index in [1.807, 2.05) is 0 Å². The summed E-state index contributed by atoms with van der Waals surface area (Å²) in [4.78, 5) is 12.3. The SMILES string of the molecule is COc1cc(/C=C(\C#N)C(=O)Nc2ccc(F)cc2F)cc(OC)c1OC(F)F. The Morgan fingerprint density at radius 2 is 1.76 bits per heavy atom. The molecule has 1 amide bonds. The zero-order valence-electron chi connectivity index (χ0n) is 15.1. The van der Waals surface area contributed by atoms with Crippen molar-refractivity contribution in [2.24, 2.45) is 0 Å². The molecule has 0 aliphatic carbocycles. The molecule has 0 atom stereocenters. The van der Waals surface area contributed by atoms with Crippen LogP contribution in [-0.4, -0.2) is 26.7 Å². The summed E-state index contributed by atoms with van der Waals surface area (Å²) in [5.41, 5.74) is -0.583. The minimum absolute atomic E-state index is 0.127. The number of carbonyl (C=O) groups excluding carboxylic acids is 1. The number of amides is 1. The van der Waals surface area contributed by atoms with Crippen LogP contribution in [0.3, 0.4) is 0 Å². The molecule has 152 valence electrons. The highest BCUT2D eigenvalue weighted by molar-refractivity contribution is 6.09. The number of alkyl halides is 2. The number of benzene rings is 2. The predicted octanol–water partition coefficient (Wildman–Crippen LogP) is 4.13. The van der Waals surface area contributed by atoms with Crippen molar-refractivity contribution >= 4 is 17.7 Å². The fraction of sp³-hybridized carbons (Fsp3) is 0.158. The van der Waals surface area contributed by atoms with Crippen molar-refractivity contribution in [1.29, 1.82) is 5.26 Å². The lowest BCUT2D eigenvalue weighted by atomic mass is 10.1. The van der Waals surface area contributed by atoms with Crippen LogP contribution in [0, 0.1) is 23.0 Å². The van der Waals surface area contributed by atoms with Crippen LogP contribution in [0.5, 0.6) is 17.2 Å². The third kappa shape index (κ3) is 5.38. The number of nitrogens with zero attached hydrogens (tertiary/aromatic N) is 1. The molecule has 0 heterocycles. The zero-order chi connectivity index (χ0) is 21.6. The van der Waals surface area contributed by atoms with E-state index in [0.29, 0.717) is 6.07 Å². The maximum Gasteiger partial charge on any atom is 0.387 e. The zero-order valence-corrected chi connectivity index (χ0v) is 15.1. The Kier molecular flexibility index (Phi) is 7.03. The number of nitriles is 1. The maximum atomic E-state index is 13.7. The first-order valence-electron chi connectivity index (χ1n) is 7.88. The molecule has 0 aromatic heterocycles. The van der Waals surface area contributed by atoms with E-state index in [2.05, 4.69) is 10.1 Å². The second-order valence-corrected chi connectivity index (χ2v) is 5.38. The third-order valence-corrected chi connectivity index (χ3v) is 3.55. The molecule has 29 heavy (non-hydrogen) atoms. The fourth-order valence-electron chi connectivity index (χ4n) is 2.28. The molecule has 0 spiro atoms. The molecule has 0 radical (unpaired) electrons. The number of carbonyl (C=O) groups is 1. The van der Waals surface area contributed by atoms with Gasteiger partial charge in [0.2, 0.25) is 5.75 Å². The van der Waals surface area contributed by atoms with Crippen LogP contribution in [0.25, 0.3) is 6.08 Å². The maximum absolute atomic E-state index is 13.7. The molecule has 0 unspecified atom stereocenters. The van der Waals surface area contributed by atoms with Gasteiger partial charge in [-0.1, -0.05) is 0 Å². The van der Waals surface area contributed by atoms with Crippen LogP contribution in [-0.2, 0) is 4.79 Å². The number of nitrogens with one attached hydrogen (secondary N) is 1. The van der Waals surface area contributed by atoms with Gasteiger partial charge in [-0.05, 0) is 35.9 Å². The van der Waals surface area contributed by atoms with Crippen LogP contribution in [0.4, 0.5) is 23.2 Å². The molecule has 2 rings (SSSR count). The van der Waals surface area contributed by atoms with E-state index in [1.54, 1.807) is 6.07 Å². The van der Waals surface area contributed by atoms with E-state index in [1.165, 1.54) is 26.4 Å². The Labute approximate surface area is 162 Å². The van der Waals surface area contributed by atoms with E-state index in [-0.39, 0.29) is 28.5 Å². The van der Waals surface area contributed by atoms with Gasteiger partial charge >= 0.3 is 6.61 Å². The number of rotatable bonds is 7. The minimum atomic E-state index is -3.13. The summed E-state index contributed by atoms with van der Waals surface area (Å²) in [6.07, 6.45) is 1.11. The molecule has 0 aliphatic heterocycles. The molecule has 0 bridgehead atoms. The first-order chi connectivity index (χ1) is 13.8. The van der Waals surface area contributed by atoms with Gasteiger partial charge in [-0.3, -0.25) is 4.79 Å². The molecular formula is C19H14F4N2O4. The van der Waals surface area contributed by atoms with Crippen LogP contribution >= 0.6 is 0 Å². The minimum Gasteiger partial charge on any atom is -0.493 e. The predicted molar refractivity (Wildman–Crippen MR) is 94.8 cm³/mol. The molecule has 0 saturated carbocycles. The van der Waals surface area contributed by atoms with Crippen LogP contribution < -0.4 is 19.5 Å². The molecule has 0 fully saturated rings. The summed E-state index contributed by atoms with van der Waals surface area (Å²) in [5.74, 6) is -3.44. The first-order valence-corrected chi connectivity index (χ1v) is 7.88. The van der Waals surface area contributed by atoms with E-state index in [4.69, 9.17) is 9.47 Å². The lowest BCUT2D eigenvalue weighted by Crippen LogP contribution is -2.14. The van der Waals surface area contributed by atoms with E-state index in [0.717, 1.165) is 18.2 Å². The van der Waals surface area contributed by atoms with Gasteiger partial charge in [0.05, 0.1) is 19.9 Å².